The van der Waals surface area contributed by atoms with Crippen LogP contribution >= 0.6 is 0 Å². The molecule has 0 radical (unpaired) electrons. The normalized spacial score (nSPS) is 16.5. The van der Waals surface area contributed by atoms with Gasteiger partial charge in [-0.2, -0.15) is 0 Å². The molecule has 0 saturated carbocycles. The first kappa shape index (κ1) is 24.6. The molecule has 0 aromatic heterocycles. The van der Waals surface area contributed by atoms with Gasteiger partial charge in [0.25, 0.3) is 10.0 Å². The Balaban J connectivity index is 1.64. The van der Waals surface area contributed by atoms with E-state index in [1.807, 2.05) is 39.0 Å². The quantitative estimate of drug-likeness (QED) is 0.518. The largest absolute Gasteiger partial charge is 0.497 e. The highest BCUT2D eigenvalue weighted by Gasteiger charge is 2.36. The van der Waals surface area contributed by atoms with Crippen LogP contribution in [0.4, 0.5) is 5.69 Å². The van der Waals surface area contributed by atoms with Gasteiger partial charge in [-0.15, -0.1) is 0 Å². The van der Waals surface area contributed by atoms with Crippen LogP contribution < -0.4 is 19.1 Å². The number of amides is 1. The van der Waals surface area contributed by atoms with Crippen LogP contribution in [0.25, 0.3) is 0 Å². The molecular weight excluding hydrogens is 464 g/mol. The second kappa shape index (κ2) is 9.62. The second-order valence-electron chi connectivity index (χ2n) is 9.25. The molecule has 3 aromatic rings. The average Bonchev–Trinajstić information content (AvgIpc) is 2.81. The summed E-state index contributed by atoms with van der Waals surface area (Å²) < 4.78 is 39.7. The molecule has 0 aliphatic carbocycles. The number of hydrogen-bond donors (Lipinski definition) is 1. The van der Waals surface area contributed by atoms with Gasteiger partial charge >= 0.3 is 0 Å². The second-order valence-corrected chi connectivity index (χ2v) is 11.1. The van der Waals surface area contributed by atoms with Crippen molar-refractivity contribution in [2.75, 3.05) is 18.0 Å². The van der Waals surface area contributed by atoms with Crippen LogP contribution in [0.3, 0.4) is 0 Å². The monoisotopic (exact) mass is 494 g/mol. The summed E-state index contributed by atoms with van der Waals surface area (Å²) in [6, 6.07) is 20.4. The van der Waals surface area contributed by atoms with Gasteiger partial charge in [-0.05, 0) is 62.7 Å². The van der Waals surface area contributed by atoms with Crippen LogP contribution in [0.15, 0.2) is 77.7 Å². The molecule has 8 heteroatoms. The number of anilines is 1. The number of benzene rings is 3. The van der Waals surface area contributed by atoms with Crippen LogP contribution in [0.1, 0.15) is 37.4 Å². The van der Waals surface area contributed by atoms with Crippen molar-refractivity contribution in [1.82, 2.24) is 5.32 Å². The van der Waals surface area contributed by atoms with E-state index in [4.69, 9.17) is 9.47 Å². The Bertz CT molecular complexity index is 1320. The molecule has 1 amide bonds. The molecule has 1 aliphatic rings. The first-order valence-corrected chi connectivity index (χ1v) is 12.8. The molecule has 0 spiro atoms. The highest BCUT2D eigenvalue weighted by atomic mass is 32.2. The van der Waals surface area contributed by atoms with Gasteiger partial charge in [0.05, 0.1) is 23.7 Å². The molecule has 0 fully saturated rings. The van der Waals surface area contributed by atoms with Gasteiger partial charge in [-0.25, -0.2) is 8.42 Å². The number of fused-ring (bicyclic) bond motifs is 1. The lowest BCUT2D eigenvalue weighted by molar-refractivity contribution is -0.120. The van der Waals surface area contributed by atoms with Gasteiger partial charge < -0.3 is 14.8 Å². The predicted octanol–water partition coefficient (Wildman–Crippen LogP) is 4.62. The Morgan fingerprint density at radius 3 is 2.51 bits per heavy atom. The lowest BCUT2D eigenvalue weighted by Crippen LogP contribution is -2.45. The van der Waals surface area contributed by atoms with Crippen molar-refractivity contribution < 1.29 is 22.7 Å². The Kier molecular flexibility index (Phi) is 6.76. The number of nitrogens with one attached hydrogen (secondary N) is 1. The SMILES string of the molecule is COc1ccc2c(c1)OC(C)(C)CC2NC(=O)CN(c1cccc(C)c1)S(=O)(=O)c1ccccc1. The summed E-state index contributed by atoms with van der Waals surface area (Å²) in [6.07, 6.45) is 0.536. The molecule has 35 heavy (non-hydrogen) atoms. The summed E-state index contributed by atoms with van der Waals surface area (Å²) in [5.74, 6) is 0.889. The zero-order valence-electron chi connectivity index (χ0n) is 20.3. The predicted molar refractivity (Wildman–Crippen MR) is 135 cm³/mol. The van der Waals surface area contributed by atoms with E-state index >= 15 is 0 Å². The first-order valence-electron chi connectivity index (χ1n) is 11.4. The van der Waals surface area contributed by atoms with Gasteiger partial charge in [0.2, 0.25) is 5.91 Å². The van der Waals surface area contributed by atoms with Crippen LogP contribution in [-0.4, -0.2) is 33.6 Å². The molecule has 1 heterocycles. The minimum absolute atomic E-state index is 0.124. The van der Waals surface area contributed by atoms with E-state index in [0.717, 1.165) is 15.4 Å². The zero-order chi connectivity index (χ0) is 25.2. The molecule has 184 valence electrons. The lowest BCUT2D eigenvalue weighted by Gasteiger charge is -2.38. The number of carbonyl (C=O) groups is 1. The fraction of sp³-hybridized carbons (Fsp3) is 0.296. The topological polar surface area (TPSA) is 84.9 Å². The number of hydrogen-bond acceptors (Lipinski definition) is 5. The molecule has 1 atom stereocenters. The summed E-state index contributed by atoms with van der Waals surface area (Å²) >= 11 is 0. The maximum absolute atomic E-state index is 13.6. The number of ether oxygens (including phenoxy) is 2. The molecule has 0 bridgehead atoms. The van der Waals surface area contributed by atoms with E-state index in [-0.39, 0.29) is 17.5 Å². The number of aryl methyl sites for hydroxylation is 1. The summed E-state index contributed by atoms with van der Waals surface area (Å²) in [5, 5.41) is 3.04. The van der Waals surface area contributed by atoms with E-state index in [0.29, 0.717) is 23.6 Å². The van der Waals surface area contributed by atoms with Gasteiger partial charge in [-0.3, -0.25) is 9.10 Å². The first-order chi connectivity index (χ1) is 16.6. The van der Waals surface area contributed by atoms with Crippen LogP contribution in [0.5, 0.6) is 11.5 Å². The van der Waals surface area contributed by atoms with Crippen molar-refractivity contribution in [2.24, 2.45) is 0 Å². The molecule has 4 rings (SSSR count). The standard InChI is InChI=1S/C27H30N2O5S/c1-19-9-8-10-20(15-19)29(35(31,32)22-11-6-5-7-12-22)18-26(30)28-24-17-27(2,3)34-25-16-21(33-4)13-14-23(24)25/h5-16,24H,17-18H2,1-4H3,(H,28,30). The van der Waals surface area contributed by atoms with Crippen molar-refractivity contribution in [1.29, 1.82) is 0 Å². The smallest absolute Gasteiger partial charge is 0.264 e. The van der Waals surface area contributed by atoms with Gasteiger partial charge in [-0.1, -0.05) is 30.3 Å². The minimum Gasteiger partial charge on any atom is -0.497 e. The van der Waals surface area contributed by atoms with E-state index in [2.05, 4.69) is 5.32 Å². The number of nitrogens with zero attached hydrogens (tertiary/aromatic N) is 1. The Labute approximate surface area is 206 Å². The van der Waals surface area contributed by atoms with E-state index < -0.39 is 21.5 Å². The number of sulfonamides is 1. The summed E-state index contributed by atoms with van der Waals surface area (Å²) in [6.45, 7) is 5.43. The summed E-state index contributed by atoms with van der Waals surface area (Å²) in [4.78, 5) is 13.4. The highest BCUT2D eigenvalue weighted by molar-refractivity contribution is 7.92. The lowest BCUT2D eigenvalue weighted by atomic mass is 9.89. The molecule has 3 aromatic carbocycles. The van der Waals surface area contributed by atoms with Crippen LogP contribution in [-0.2, 0) is 14.8 Å². The fourth-order valence-corrected chi connectivity index (χ4v) is 5.71. The maximum atomic E-state index is 13.6. The van der Waals surface area contributed by atoms with Gasteiger partial charge in [0, 0.05) is 18.1 Å². The third-order valence-electron chi connectivity index (χ3n) is 5.92. The average molecular weight is 495 g/mol. The van der Waals surface area contributed by atoms with Crippen LogP contribution in [0.2, 0.25) is 0 Å². The number of methoxy groups -OCH3 is 1. The van der Waals surface area contributed by atoms with E-state index in [1.165, 1.54) is 12.1 Å². The summed E-state index contributed by atoms with van der Waals surface area (Å²) in [7, 11) is -2.38. The fourth-order valence-electron chi connectivity index (χ4n) is 4.28. The Morgan fingerprint density at radius 2 is 1.83 bits per heavy atom. The molecule has 1 N–H and O–H groups in total. The number of rotatable bonds is 7. The van der Waals surface area contributed by atoms with Gasteiger partial charge in [0.1, 0.15) is 23.6 Å². The minimum atomic E-state index is -3.97. The molecule has 1 aliphatic heterocycles. The summed E-state index contributed by atoms with van der Waals surface area (Å²) in [5.41, 5.74) is 1.63. The zero-order valence-corrected chi connectivity index (χ0v) is 21.1. The van der Waals surface area contributed by atoms with Crippen molar-refractivity contribution in [3.63, 3.8) is 0 Å². The third kappa shape index (κ3) is 5.43. The van der Waals surface area contributed by atoms with E-state index in [1.54, 1.807) is 49.6 Å². The number of carbonyl (C=O) groups excluding carboxylic acids is 1. The van der Waals surface area contributed by atoms with Crippen molar-refractivity contribution in [3.8, 4) is 11.5 Å². The van der Waals surface area contributed by atoms with E-state index in [9.17, 15) is 13.2 Å². The van der Waals surface area contributed by atoms with Crippen LogP contribution in [0, 0.1) is 6.92 Å². The third-order valence-corrected chi connectivity index (χ3v) is 7.71. The Hall–Kier alpha value is -3.52. The molecule has 7 nitrogen and oxygen atoms in total. The molecule has 1 unspecified atom stereocenters. The van der Waals surface area contributed by atoms with Crippen molar-refractivity contribution in [2.45, 2.75) is 43.7 Å². The highest BCUT2D eigenvalue weighted by Crippen LogP contribution is 2.41. The van der Waals surface area contributed by atoms with Gasteiger partial charge in [0.15, 0.2) is 0 Å². The molecule has 0 saturated heterocycles. The Morgan fingerprint density at radius 1 is 1.09 bits per heavy atom. The maximum Gasteiger partial charge on any atom is 0.264 e. The van der Waals surface area contributed by atoms with Crippen molar-refractivity contribution in [3.05, 3.63) is 83.9 Å². The van der Waals surface area contributed by atoms with Crippen molar-refractivity contribution >= 4 is 21.6 Å². The molecular formula is C27H30N2O5S.